The van der Waals surface area contributed by atoms with Gasteiger partial charge in [-0.25, -0.2) is 4.79 Å². The molecular weight excluding hydrogens is 338 g/mol. The Balaban J connectivity index is 1.82. The molecule has 1 N–H and O–H groups in total. The fourth-order valence-corrected chi connectivity index (χ4v) is 3.19. The van der Waals surface area contributed by atoms with Crippen LogP contribution in [-0.2, 0) is 20.7 Å². The maximum Gasteiger partial charge on any atom is 0.328 e. The molecule has 0 aliphatic carbocycles. The van der Waals surface area contributed by atoms with E-state index in [2.05, 4.69) is 0 Å². The number of aliphatic carboxylic acids is 1. The summed E-state index contributed by atoms with van der Waals surface area (Å²) in [6, 6.07) is 2.85. The fraction of sp³-hybridized carbons (Fsp3) is 0.474. The average Bonchev–Trinajstić information content (AvgIpc) is 2.98. The fourth-order valence-electron chi connectivity index (χ4n) is 3.19. The number of nitrogens with zero attached hydrogens (tertiary/aromatic N) is 1. The molecular formula is C19H23NO6. The van der Waals surface area contributed by atoms with Crippen LogP contribution in [0, 0.1) is 0 Å². The van der Waals surface area contributed by atoms with Crippen molar-refractivity contribution in [3.63, 3.8) is 0 Å². The van der Waals surface area contributed by atoms with Crippen molar-refractivity contribution in [2.24, 2.45) is 0 Å². The first-order valence-electron chi connectivity index (χ1n) is 8.75. The second kappa shape index (κ2) is 7.78. The normalized spacial score (nSPS) is 22.2. The van der Waals surface area contributed by atoms with E-state index in [0.29, 0.717) is 19.0 Å². The molecule has 2 aliphatic rings. The van der Waals surface area contributed by atoms with Crippen molar-refractivity contribution in [3.05, 3.63) is 29.3 Å². The number of carbonyl (C=O) groups is 2. The molecule has 0 spiro atoms. The number of carboxylic acids is 1. The molecule has 3 rings (SSSR count). The molecule has 0 bridgehead atoms. The maximum atomic E-state index is 12.5. The largest absolute Gasteiger partial charge is 0.493 e. The predicted octanol–water partition coefficient (Wildman–Crippen LogP) is 1.73. The number of fused-ring (bicyclic) bond motifs is 1. The van der Waals surface area contributed by atoms with Gasteiger partial charge in [0.2, 0.25) is 5.91 Å². The second-order valence-electron chi connectivity index (χ2n) is 6.36. The number of hydrogen-bond acceptors (Lipinski definition) is 5. The maximum absolute atomic E-state index is 12.5. The summed E-state index contributed by atoms with van der Waals surface area (Å²) in [5.41, 5.74) is 1.82. The first-order valence-corrected chi connectivity index (χ1v) is 8.75. The van der Waals surface area contributed by atoms with Crippen LogP contribution in [0.25, 0.3) is 6.08 Å². The molecule has 1 saturated heterocycles. The highest BCUT2D eigenvalue weighted by Gasteiger charge is 2.31. The molecule has 2 unspecified atom stereocenters. The number of morpholine rings is 1. The Bertz CT molecular complexity index is 729. The molecule has 2 aliphatic heterocycles. The number of amides is 1. The molecule has 0 saturated carbocycles. The van der Waals surface area contributed by atoms with Crippen molar-refractivity contribution in [2.45, 2.75) is 32.4 Å². The first kappa shape index (κ1) is 18.3. The minimum Gasteiger partial charge on any atom is -0.493 e. The summed E-state index contributed by atoms with van der Waals surface area (Å²) in [5.74, 6) is 0.0481. The predicted molar refractivity (Wildman–Crippen MR) is 94.4 cm³/mol. The third-order valence-electron chi connectivity index (χ3n) is 4.43. The third-order valence-corrected chi connectivity index (χ3v) is 4.43. The molecule has 26 heavy (non-hydrogen) atoms. The lowest BCUT2D eigenvalue weighted by Crippen LogP contribution is -2.52. The molecule has 7 heteroatoms. The molecule has 2 heterocycles. The van der Waals surface area contributed by atoms with Gasteiger partial charge >= 0.3 is 5.97 Å². The highest BCUT2D eigenvalue weighted by Crippen LogP contribution is 2.35. The topological polar surface area (TPSA) is 85.3 Å². The minimum absolute atomic E-state index is 0.00365. The Morgan fingerprint density at radius 3 is 2.96 bits per heavy atom. The Morgan fingerprint density at radius 1 is 1.42 bits per heavy atom. The van der Waals surface area contributed by atoms with Gasteiger partial charge in [-0.2, -0.15) is 0 Å². The smallest absolute Gasteiger partial charge is 0.328 e. The number of benzene rings is 1. The van der Waals surface area contributed by atoms with Crippen molar-refractivity contribution >= 4 is 18.0 Å². The average molecular weight is 361 g/mol. The second-order valence-corrected chi connectivity index (χ2v) is 6.36. The van der Waals surface area contributed by atoms with Crippen LogP contribution in [0.3, 0.4) is 0 Å². The van der Waals surface area contributed by atoms with Gasteiger partial charge in [0.05, 0.1) is 19.8 Å². The highest BCUT2D eigenvalue weighted by atomic mass is 16.5. The number of carbonyl (C=O) groups excluding carboxylic acids is 1. The lowest BCUT2D eigenvalue weighted by molar-refractivity contribution is -0.156. The molecule has 1 amide bonds. The molecule has 1 aromatic rings. The molecule has 1 aromatic carbocycles. The molecule has 0 radical (unpaired) electrons. The van der Waals surface area contributed by atoms with Gasteiger partial charge in [0.15, 0.2) is 6.04 Å². The van der Waals surface area contributed by atoms with Gasteiger partial charge in [-0.05, 0) is 32.1 Å². The SMILES string of the molecule is CCOc1cc2c(cc1C=CC(=O)N1CCOCC1C(=O)O)OC(C)C2. The van der Waals surface area contributed by atoms with Crippen LogP contribution in [0.4, 0.5) is 0 Å². The molecule has 140 valence electrons. The Labute approximate surface area is 152 Å². The lowest BCUT2D eigenvalue weighted by Gasteiger charge is -2.32. The van der Waals surface area contributed by atoms with Gasteiger partial charge in [-0.3, -0.25) is 4.79 Å². The summed E-state index contributed by atoms with van der Waals surface area (Å²) in [5, 5.41) is 9.25. The van der Waals surface area contributed by atoms with E-state index in [1.807, 2.05) is 26.0 Å². The highest BCUT2D eigenvalue weighted by molar-refractivity contribution is 5.95. The quantitative estimate of drug-likeness (QED) is 0.804. The summed E-state index contributed by atoms with van der Waals surface area (Å²) in [4.78, 5) is 25.1. The van der Waals surface area contributed by atoms with Crippen molar-refractivity contribution < 1.29 is 28.9 Å². The molecule has 1 fully saturated rings. The van der Waals surface area contributed by atoms with Crippen molar-refractivity contribution in [3.8, 4) is 11.5 Å². The van der Waals surface area contributed by atoms with Crippen molar-refractivity contribution in [1.82, 2.24) is 4.90 Å². The van der Waals surface area contributed by atoms with E-state index in [1.54, 1.807) is 6.08 Å². The Morgan fingerprint density at radius 2 is 2.23 bits per heavy atom. The molecule has 0 aromatic heterocycles. The number of ether oxygens (including phenoxy) is 3. The first-order chi connectivity index (χ1) is 12.5. The molecule has 7 nitrogen and oxygen atoms in total. The van der Waals surface area contributed by atoms with Crippen LogP contribution >= 0.6 is 0 Å². The van der Waals surface area contributed by atoms with Crippen LogP contribution < -0.4 is 9.47 Å². The van der Waals surface area contributed by atoms with Gasteiger partial charge in [0, 0.05) is 30.2 Å². The van der Waals surface area contributed by atoms with Gasteiger partial charge in [-0.1, -0.05) is 0 Å². The van der Waals surface area contributed by atoms with Gasteiger partial charge in [-0.15, -0.1) is 0 Å². The van der Waals surface area contributed by atoms with E-state index < -0.39 is 12.0 Å². The van der Waals surface area contributed by atoms with Crippen LogP contribution in [0.2, 0.25) is 0 Å². The summed E-state index contributed by atoms with van der Waals surface area (Å²) < 4.78 is 16.6. The lowest BCUT2D eigenvalue weighted by atomic mass is 10.1. The van der Waals surface area contributed by atoms with E-state index >= 15 is 0 Å². The Kier molecular flexibility index (Phi) is 5.46. The van der Waals surface area contributed by atoms with Gasteiger partial charge in [0.25, 0.3) is 0 Å². The number of hydrogen-bond donors (Lipinski definition) is 1. The van der Waals surface area contributed by atoms with Crippen LogP contribution in [-0.4, -0.2) is 60.4 Å². The summed E-state index contributed by atoms with van der Waals surface area (Å²) >= 11 is 0. The summed E-state index contributed by atoms with van der Waals surface area (Å²) in [6.07, 6.45) is 3.97. The molecule has 2 atom stereocenters. The standard InChI is InChI=1S/C19H23NO6/c1-3-25-16-10-14-8-12(2)26-17(14)9-13(16)4-5-18(21)20-6-7-24-11-15(20)19(22)23/h4-5,9-10,12,15H,3,6-8,11H2,1-2H3,(H,22,23). The summed E-state index contributed by atoms with van der Waals surface area (Å²) in [7, 11) is 0. The van der Waals surface area contributed by atoms with Crippen LogP contribution in [0.5, 0.6) is 11.5 Å². The van der Waals surface area contributed by atoms with Crippen molar-refractivity contribution in [2.75, 3.05) is 26.4 Å². The summed E-state index contributed by atoms with van der Waals surface area (Å²) in [6.45, 7) is 5.00. The number of rotatable bonds is 5. The number of carboxylic acid groups (broad SMARTS) is 1. The Hall–Kier alpha value is -2.54. The minimum atomic E-state index is -1.07. The van der Waals surface area contributed by atoms with E-state index in [0.717, 1.165) is 23.3 Å². The van der Waals surface area contributed by atoms with E-state index in [4.69, 9.17) is 14.2 Å². The van der Waals surface area contributed by atoms with Crippen LogP contribution in [0.15, 0.2) is 18.2 Å². The zero-order valence-electron chi connectivity index (χ0n) is 14.9. The monoisotopic (exact) mass is 361 g/mol. The van der Waals surface area contributed by atoms with Crippen LogP contribution in [0.1, 0.15) is 25.0 Å². The van der Waals surface area contributed by atoms with E-state index in [1.165, 1.54) is 11.0 Å². The third kappa shape index (κ3) is 3.83. The van der Waals surface area contributed by atoms with E-state index in [9.17, 15) is 14.7 Å². The zero-order chi connectivity index (χ0) is 18.7. The van der Waals surface area contributed by atoms with Crippen molar-refractivity contribution in [1.29, 1.82) is 0 Å². The van der Waals surface area contributed by atoms with Gasteiger partial charge < -0.3 is 24.2 Å². The van der Waals surface area contributed by atoms with Gasteiger partial charge in [0.1, 0.15) is 17.6 Å². The zero-order valence-corrected chi connectivity index (χ0v) is 14.9. The van der Waals surface area contributed by atoms with E-state index in [-0.39, 0.29) is 25.2 Å².